The van der Waals surface area contributed by atoms with Crippen LogP contribution in [0.3, 0.4) is 0 Å². The molecule has 2 heterocycles. The van der Waals surface area contributed by atoms with Crippen molar-refractivity contribution in [2.75, 3.05) is 46.0 Å². The van der Waals surface area contributed by atoms with E-state index in [0.29, 0.717) is 31.9 Å². The number of aliphatic hydroxyl groups excluding tert-OH is 1. The van der Waals surface area contributed by atoms with E-state index in [1.807, 2.05) is 38.1 Å². The first-order valence-corrected chi connectivity index (χ1v) is 13.5. The summed E-state index contributed by atoms with van der Waals surface area (Å²) in [5.74, 6) is -0.650. The third-order valence-electron chi connectivity index (χ3n) is 7.36. The first kappa shape index (κ1) is 27.9. The van der Waals surface area contributed by atoms with Crippen molar-refractivity contribution < 1.29 is 24.2 Å². The lowest BCUT2D eigenvalue weighted by Gasteiger charge is -2.29. The molecule has 2 aliphatic heterocycles. The quantitative estimate of drug-likeness (QED) is 0.305. The van der Waals surface area contributed by atoms with Gasteiger partial charge in [0, 0.05) is 31.7 Å². The summed E-state index contributed by atoms with van der Waals surface area (Å²) in [5.41, 5.74) is 3.42. The van der Waals surface area contributed by atoms with Crippen LogP contribution in [0.25, 0.3) is 5.76 Å². The molecule has 2 saturated heterocycles. The van der Waals surface area contributed by atoms with Gasteiger partial charge in [0.25, 0.3) is 11.7 Å². The van der Waals surface area contributed by atoms with Crippen molar-refractivity contribution >= 4 is 17.4 Å². The monoisotopic (exact) mass is 520 g/mol. The maximum atomic E-state index is 13.4. The van der Waals surface area contributed by atoms with Gasteiger partial charge in [-0.2, -0.15) is 0 Å². The largest absolute Gasteiger partial charge is 0.507 e. The molecule has 204 valence electrons. The Bertz CT molecular complexity index is 1190. The van der Waals surface area contributed by atoms with Gasteiger partial charge in [0.05, 0.1) is 31.4 Å². The van der Waals surface area contributed by atoms with Crippen LogP contribution in [0.4, 0.5) is 0 Å². The number of nitrogens with zero attached hydrogens (tertiary/aromatic N) is 2. The number of hydrogen-bond acceptors (Lipinski definition) is 6. The number of carbonyl (C=O) groups is 2. The number of amides is 1. The van der Waals surface area contributed by atoms with E-state index in [9.17, 15) is 14.7 Å². The summed E-state index contributed by atoms with van der Waals surface area (Å²) < 4.78 is 11.1. The lowest BCUT2D eigenvalue weighted by molar-refractivity contribution is -0.140. The molecule has 4 rings (SSSR count). The van der Waals surface area contributed by atoms with Gasteiger partial charge in [-0.1, -0.05) is 45.0 Å². The van der Waals surface area contributed by atoms with Gasteiger partial charge in [0.1, 0.15) is 11.5 Å². The molecule has 0 radical (unpaired) electrons. The lowest BCUT2D eigenvalue weighted by atomic mass is 9.85. The van der Waals surface area contributed by atoms with Crippen LogP contribution in [-0.2, 0) is 19.7 Å². The van der Waals surface area contributed by atoms with E-state index in [2.05, 4.69) is 25.7 Å². The summed E-state index contributed by atoms with van der Waals surface area (Å²) in [6.07, 6.45) is 0.728. The number of aryl methyl sites for hydroxylation is 1. The number of hydrogen-bond donors (Lipinski definition) is 1. The van der Waals surface area contributed by atoms with Gasteiger partial charge in [-0.25, -0.2) is 0 Å². The SMILES string of the molecule is CCOc1ccc(C(O)=C2C(=O)C(=O)N(CCCN3CCOCC3)[C@@H]2c2ccc(C(C)(C)C)cc2)cc1C. The Balaban J connectivity index is 1.70. The Hall–Kier alpha value is -3.16. The normalized spacial score (nSPS) is 20.2. The zero-order chi connectivity index (χ0) is 27.4. The zero-order valence-corrected chi connectivity index (χ0v) is 23.3. The van der Waals surface area contributed by atoms with Gasteiger partial charge >= 0.3 is 0 Å². The molecule has 2 aromatic rings. The van der Waals surface area contributed by atoms with Crippen molar-refractivity contribution in [3.63, 3.8) is 0 Å². The van der Waals surface area contributed by atoms with Crippen LogP contribution in [0.2, 0.25) is 0 Å². The molecule has 1 amide bonds. The highest BCUT2D eigenvalue weighted by molar-refractivity contribution is 6.46. The summed E-state index contributed by atoms with van der Waals surface area (Å²) in [7, 11) is 0. The van der Waals surface area contributed by atoms with E-state index in [0.717, 1.165) is 48.5 Å². The van der Waals surface area contributed by atoms with Crippen molar-refractivity contribution in [1.82, 2.24) is 9.80 Å². The van der Waals surface area contributed by atoms with Gasteiger partial charge in [-0.05, 0) is 60.6 Å². The molecule has 7 nitrogen and oxygen atoms in total. The van der Waals surface area contributed by atoms with E-state index in [1.54, 1.807) is 23.1 Å². The second-order valence-electron chi connectivity index (χ2n) is 11.1. The molecule has 0 aromatic heterocycles. The second-order valence-corrected chi connectivity index (χ2v) is 11.1. The first-order chi connectivity index (χ1) is 18.1. The van der Waals surface area contributed by atoms with Crippen LogP contribution in [0.5, 0.6) is 5.75 Å². The fourth-order valence-corrected chi connectivity index (χ4v) is 5.18. The van der Waals surface area contributed by atoms with Crippen LogP contribution in [0.15, 0.2) is 48.0 Å². The van der Waals surface area contributed by atoms with Crippen molar-refractivity contribution in [3.8, 4) is 5.75 Å². The molecule has 2 aliphatic rings. The maximum absolute atomic E-state index is 13.4. The highest BCUT2D eigenvalue weighted by Gasteiger charge is 2.46. The van der Waals surface area contributed by atoms with Crippen molar-refractivity contribution in [2.45, 2.75) is 52.5 Å². The molecule has 0 saturated carbocycles. The number of ketones is 1. The fourth-order valence-electron chi connectivity index (χ4n) is 5.18. The second kappa shape index (κ2) is 11.7. The fraction of sp³-hybridized carbons (Fsp3) is 0.484. The molecular weight excluding hydrogens is 480 g/mol. The summed E-state index contributed by atoms with van der Waals surface area (Å²) >= 11 is 0. The van der Waals surface area contributed by atoms with Crippen molar-refractivity contribution in [2.24, 2.45) is 0 Å². The number of benzene rings is 2. The van der Waals surface area contributed by atoms with Gasteiger partial charge in [-0.3, -0.25) is 14.5 Å². The minimum absolute atomic E-state index is 0.0294. The number of rotatable bonds is 8. The average molecular weight is 521 g/mol. The maximum Gasteiger partial charge on any atom is 0.295 e. The van der Waals surface area contributed by atoms with E-state index >= 15 is 0 Å². The standard InChI is InChI=1S/C31H40N2O5/c1-6-38-25-13-10-23(20-21(25)2)28(34)26-27(22-8-11-24(12-9-22)31(3,4)5)33(30(36)29(26)35)15-7-14-32-16-18-37-19-17-32/h8-13,20,27,34H,6-7,14-19H2,1-5H3/t27-/m1/s1. The van der Waals surface area contributed by atoms with Crippen LogP contribution < -0.4 is 4.74 Å². The minimum Gasteiger partial charge on any atom is -0.507 e. The lowest BCUT2D eigenvalue weighted by Crippen LogP contribution is -2.39. The third-order valence-corrected chi connectivity index (χ3v) is 7.36. The van der Waals surface area contributed by atoms with Crippen molar-refractivity contribution in [1.29, 1.82) is 0 Å². The Morgan fingerprint density at radius 3 is 2.34 bits per heavy atom. The van der Waals surface area contributed by atoms with Gasteiger partial charge in [0.15, 0.2) is 0 Å². The Kier molecular flexibility index (Phi) is 8.58. The predicted molar refractivity (Wildman–Crippen MR) is 148 cm³/mol. The molecule has 0 aliphatic carbocycles. The Morgan fingerprint density at radius 1 is 1.05 bits per heavy atom. The highest BCUT2D eigenvalue weighted by Crippen LogP contribution is 2.40. The zero-order valence-electron chi connectivity index (χ0n) is 23.3. The molecule has 7 heteroatoms. The van der Waals surface area contributed by atoms with E-state index in [1.165, 1.54) is 0 Å². The smallest absolute Gasteiger partial charge is 0.295 e. The van der Waals surface area contributed by atoms with Gasteiger partial charge < -0.3 is 19.5 Å². The van der Waals surface area contributed by atoms with Gasteiger partial charge in [-0.15, -0.1) is 0 Å². The molecule has 1 N–H and O–H groups in total. The van der Waals surface area contributed by atoms with Crippen LogP contribution in [0.1, 0.15) is 62.4 Å². The topological polar surface area (TPSA) is 79.3 Å². The minimum atomic E-state index is -0.652. The number of Topliss-reactive ketones (excluding diaryl/α,β-unsaturated/α-hetero) is 1. The first-order valence-electron chi connectivity index (χ1n) is 13.5. The average Bonchev–Trinajstić information content (AvgIpc) is 3.15. The summed E-state index contributed by atoms with van der Waals surface area (Å²) in [4.78, 5) is 30.7. The molecule has 2 fully saturated rings. The van der Waals surface area contributed by atoms with Crippen LogP contribution in [-0.4, -0.2) is 72.6 Å². The van der Waals surface area contributed by atoms with E-state index < -0.39 is 17.7 Å². The number of ether oxygens (including phenoxy) is 2. The molecule has 0 bridgehead atoms. The van der Waals surface area contributed by atoms with E-state index in [-0.39, 0.29) is 16.7 Å². The molecule has 1 atom stereocenters. The summed E-state index contributed by atoms with van der Waals surface area (Å²) in [6, 6.07) is 12.7. The molecule has 38 heavy (non-hydrogen) atoms. The molecule has 0 unspecified atom stereocenters. The third kappa shape index (κ3) is 5.94. The predicted octanol–water partition coefficient (Wildman–Crippen LogP) is 4.84. The van der Waals surface area contributed by atoms with Crippen LogP contribution in [0, 0.1) is 6.92 Å². The molecular formula is C31H40N2O5. The number of morpholine rings is 1. The van der Waals surface area contributed by atoms with Crippen molar-refractivity contribution in [3.05, 3.63) is 70.3 Å². The van der Waals surface area contributed by atoms with Gasteiger partial charge in [0.2, 0.25) is 0 Å². The number of carbonyl (C=O) groups excluding carboxylic acids is 2. The Morgan fingerprint density at radius 2 is 1.74 bits per heavy atom. The summed E-state index contributed by atoms with van der Waals surface area (Å²) in [6.45, 7) is 15.2. The molecule has 2 aromatic carbocycles. The molecule has 0 spiro atoms. The number of aliphatic hydroxyl groups is 1. The number of likely N-dealkylation sites (tertiary alicyclic amines) is 1. The summed E-state index contributed by atoms with van der Waals surface area (Å²) in [5, 5.41) is 11.4. The van der Waals surface area contributed by atoms with E-state index in [4.69, 9.17) is 9.47 Å². The Labute approximate surface area is 226 Å². The highest BCUT2D eigenvalue weighted by atomic mass is 16.5. The van der Waals surface area contributed by atoms with Crippen LogP contribution >= 0.6 is 0 Å².